The Morgan fingerprint density at radius 1 is 1.15 bits per heavy atom. The van der Waals surface area contributed by atoms with Crippen molar-refractivity contribution in [3.63, 3.8) is 0 Å². The number of phenols is 1. The second-order valence-electron chi connectivity index (χ2n) is 4.22. The van der Waals surface area contributed by atoms with E-state index in [1.165, 1.54) is 16.4 Å². The van der Waals surface area contributed by atoms with Crippen LogP contribution >= 0.6 is 0 Å². The molecule has 20 heavy (non-hydrogen) atoms. The van der Waals surface area contributed by atoms with Crippen molar-refractivity contribution >= 4 is 10.0 Å². The molecule has 0 atom stereocenters. The van der Waals surface area contributed by atoms with Gasteiger partial charge >= 0.3 is 0 Å². The van der Waals surface area contributed by atoms with Crippen LogP contribution in [0.4, 0.5) is 0 Å². The average Bonchev–Trinajstić information content (AvgIpc) is 2.46. The third kappa shape index (κ3) is 2.97. The van der Waals surface area contributed by atoms with Gasteiger partial charge in [-0.15, -0.1) is 0 Å². The molecule has 0 saturated carbocycles. The predicted octanol–water partition coefficient (Wildman–Crippen LogP) is 2.00. The molecule has 0 amide bonds. The Bertz CT molecular complexity index is 672. The summed E-state index contributed by atoms with van der Waals surface area (Å²) in [5.74, 6) is -0.244. The highest BCUT2D eigenvalue weighted by Gasteiger charge is 2.26. The average molecular weight is 292 g/mol. The van der Waals surface area contributed by atoms with Crippen LogP contribution in [-0.4, -0.2) is 29.4 Å². The molecule has 0 aliphatic carbocycles. The number of hydrogen-bond acceptors (Lipinski definition) is 4. The molecule has 2 rings (SSSR count). The first-order chi connectivity index (χ1) is 9.55. The molecule has 1 heterocycles. The largest absolute Gasteiger partial charge is 0.507 e. The third-order valence-electron chi connectivity index (χ3n) is 2.90. The van der Waals surface area contributed by atoms with Crippen molar-refractivity contribution in [2.75, 3.05) is 6.54 Å². The fourth-order valence-corrected chi connectivity index (χ4v) is 3.36. The zero-order chi connectivity index (χ0) is 14.6. The van der Waals surface area contributed by atoms with Crippen molar-refractivity contribution in [2.24, 2.45) is 0 Å². The maximum absolute atomic E-state index is 12.5. The molecule has 0 saturated heterocycles. The van der Waals surface area contributed by atoms with Crippen LogP contribution in [0.1, 0.15) is 12.6 Å². The Hall–Kier alpha value is -1.92. The fourth-order valence-electron chi connectivity index (χ4n) is 1.85. The van der Waals surface area contributed by atoms with Crippen LogP contribution in [0.15, 0.2) is 53.6 Å². The second-order valence-corrected chi connectivity index (χ2v) is 6.13. The molecule has 0 unspecified atom stereocenters. The number of phenolic OH excluding ortho intramolecular Hbond substituents is 1. The summed E-state index contributed by atoms with van der Waals surface area (Å²) in [5, 5.41) is 9.74. The maximum atomic E-state index is 12.5. The number of benzene rings is 1. The van der Waals surface area contributed by atoms with E-state index >= 15 is 0 Å². The van der Waals surface area contributed by atoms with Gasteiger partial charge in [0.2, 0.25) is 10.0 Å². The monoisotopic (exact) mass is 292 g/mol. The molecule has 0 spiro atoms. The van der Waals surface area contributed by atoms with Gasteiger partial charge in [0.15, 0.2) is 0 Å². The second kappa shape index (κ2) is 6.02. The topological polar surface area (TPSA) is 70.5 Å². The number of pyridine rings is 1. The Balaban J connectivity index is 2.34. The summed E-state index contributed by atoms with van der Waals surface area (Å²) in [5.41, 5.74) is 0.661. The first kappa shape index (κ1) is 14.5. The van der Waals surface area contributed by atoms with Gasteiger partial charge in [0.1, 0.15) is 10.6 Å². The van der Waals surface area contributed by atoms with Gasteiger partial charge in [-0.05, 0) is 24.3 Å². The quantitative estimate of drug-likeness (QED) is 0.915. The Morgan fingerprint density at radius 3 is 2.45 bits per heavy atom. The summed E-state index contributed by atoms with van der Waals surface area (Å²) in [7, 11) is -3.74. The van der Waals surface area contributed by atoms with E-state index in [1.807, 2.05) is 6.07 Å². The van der Waals surface area contributed by atoms with Crippen LogP contribution < -0.4 is 0 Å². The van der Waals surface area contributed by atoms with Gasteiger partial charge in [-0.25, -0.2) is 8.42 Å². The Morgan fingerprint density at radius 2 is 1.85 bits per heavy atom. The summed E-state index contributed by atoms with van der Waals surface area (Å²) in [4.78, 5) is 4.04. The minimum atomic E-state index is -3.74. The molecule has 1 aromatic heterocycles. The van der Waals surface area contributed by atoms with Crippen LogP contribution in [0.3, 0.4) is 0 Å². The summed E-state index contributed by atoms with van der Waals surface area (Å²) in [6, 6.07) is 11.3. The lowest BCUT2D eigenvalue weighted by molar-refractivity contribution is 0.410. The van der Waals surface area contributed by atoms with Gasteiger partial charge < -0.3 is 5.11 Å². The van der Waals surface area contributed by atoms with Crippen molar-refractivity contribution in [2.45, 2.75) is 18.4 Å². The molecule has 0 aliphatic heterocycles. The van der Waals surface area contributed by atoms with E-state index in [0.29, 0.717) is 12.2 Å². The minimum Gasteiger partial charge on any atom is -0.507 e. The highest BCUT2D eigenvalue weighted by molar-refractivity contribution is 7.89. The normalized spacial score (nSPS) is 11.7. The van der Waals surface area contributed by atoms with E-state index in [2.05, 4.69) is 4.98 Å². The number of aromatic nitrogens is 1. The van der Waals surface area contributed by atoms with Crippen molar-refractivity contribution < 1.29 is 13.5 Å². The van der Waals surface area contributed by atoms with E-state index in [-0.39, 0.29) is 17.2 Å². The molecule has 0 aliphatic rings. The number of aromatic hydroxyl groups is 1. The molecule has 6 heteroatoms. The summed E-state index contributed by atoms with van der Waals surface area (Å²) in [6.45, 7) is 2.22. The van der Waals surface area contributed by atoms with Crippen molar-refractivity contribution in [3.05, 3.63) is 54.4 Å². The van der Waals surface area contributed by atoms with Crippen molar-refractivity contribution in [3.8, 4) is 5.75 Å². The summed E-state index contributed by atoms with van der Waals surface area (Å²) in [6.07, 6.45) is 1.62. The molecule has 5 nitrogen and oxygen atoms in total. The number of hydrogen-bond donors (Lipinski definition) is 1. The number of rotatable bonds is 5. The smallest absolute Gasteiger partial charge is 0.247 e. The lowest BCUT2D eigenvalue weighted by atomic mass is 10.3. The minimum absolute atomic E-state index is 0.0854. The molecule has 0 radical (unpaired) electrons. The number of sulfonamides is 1. The highest BCUT2D eigenvalue weighted by atomic mass is 32.2. The van der Waals surface area contributed by atoms with Gasteiger partial charge in [0, 0.05) is 12.7 Å². The molecular formula is C14H16N2O3S. The molecule has 106 valence electrons. The van der Waals surface area contributed by atoms with E-state index in [1.54, 1.807) is 37.4 Å². The van der Waals surface area contributed by atoms with E-state index in [4.69, 9.17) is 0 Å². The SMILES string of the molecule is CCN(Cc1ccccn1)S(=O)(=O)c1ccccc1O. The van der Waals surface area contributed by atoms with Crippen molar-refractivity contribution in [1.29, 1.82) is 0 Å². The zero-order valence-electron chi connectivity index (χ0n) is 11.1. The lowest BCUT2D eigenvalue weighted by Crippen LogP contribution is -2.30. The first-order valence-electron chi connectivity index (χ1n) is 6.23. The Kier molecular flexibility index (Phi) is 4.36. The van der Waals surface area contributed by atoms with E-state index in [0.717, 1.165) is 0 Å². The van der Waals surface area contributed by atoms with E-state index < -0.39 is 10.0 Å². The fraction of sp³-hybridized carbons (Fsp3) is 0.214. The highest BCUT2D eigenvalue weighted by Crippen LogP contribution is 2.25. The third-order valence-corrected chi connectivity index (χ3v) is 4.87. The van der Waals surface area contributed by atoms with Crippen LogP contribution in [0.5, 0.6) is 5.75 Å². The predicted molar refractivity (Wildman–Crippen MR) is 75.6 cm³/mol. The molecular weight excluding hydrogens is 276 g/mol. The summed E-state index contributed by atoms with van der Waals surface area (Å²) < 4.78 is 26.3. The Labute approximate surface area is 118 Å². The summed E-state index contributed by atoms with van der Waals surface area (Å²) >= 11 is 0. The first-order valence-corrected chi connectivity index (χ1v) is 7.67. The van der Waals surface area contributed by atoms with Crippen LogP contribution in [0.2, 0.25) is 0 Å². The maximum Gasteiger partial charge on any atom is 0.247 e. The van der Waals surface area contributed by atoms with Gasteiger partial charge in [-0.3, -0.25) is 4.98 Å². The van der Waals surface area contributed by atoms with Gasteiger partial charge in [0.05, 0.1) is 12.2 Å². The van der Waals surface area contributed by atoms with Gasteiger partial charge in [-0.2, -0.15) is 4.31 Å². The van der Waals surface area contributed by atoms with Gasteiger partial charge in [-0.1, -0.05) is 25.1 Å². The van der Waals surface area contributed by atoms with E-state index in [9.17, 15) is 13.5 Å². The van der Waals surface area contributed by atoms with Crippen molar-refractivity contribution in [1.82, 2.24) is 9.29 Å². The standard InChI is InChI=1S/C14H16N2O3S/c1-2-16(11-12-7-5-6-10-15-12)20(18,19)14-9-4-3-8-13(14)17/h3-10,17H,2,11H2,1H3. The lowest BCUT2D eigenvalue weighted by Gasteiger charge is -2.20. The zero-order valence-corrected chi connectivity index (χ0v) is 11.9. The van der Waals surface area contributed by atoms with Crippen LogP contribution in [0.25, 0.3) is 0 Å². The molecule has 0 bridgehead atoms. The van der Waals surface area contributed by atoms with Gasteiger partial charge in [0.25, 0.3) is 0 Å². The molecule has 1 N–H and O–H groups in total. The van der Waals surface area contributed by atoms with Crippen LogP contribution in [-0.2, 0) is 16.6 Å². The number of nitrogens with zero attached hydrogens (tertiary/aromatic N) is 2. The molecule has 0 fully saturated rings. The number of para-hydroxylation sites is 1. The van der Waals surface area contributed by atoms with Crippen LogP contribution in [0, 0.1) is 0 Å². The molecule has 1 aromatic carbocycles. The molecule has 2 aromatic rings.